The van der Waals surface area contributed by atoms with Crippen LogP contribution in [0.25, 0.3) is 0 Å². The van der Waals surface area contributed by atoms with Crippen LogP contribution < -0.4 is 37.2 Å². The number of allylic oxidation sites excluding steroid dienone is 4. The van der Waals surface area contributed by atoms with Gasteiger partial charge in [-0.2, -0.15) is 0 Å². The van der Waals surface area contributed by atoms with Crippen LogP contribution in [0.3, 0.4) is 0 Å². The molecule has 1 rings (SSSR count). The van der Waals surface area contributed by atoms with Gasteiger partial charge in [0.25, 0.3) is 0 Å². The van der Waals surface area contributed by atoms with Gasteiger partial charge in [-0.1, -0.05) is 0 Å². The topological polar surface area (TPSA) is 3.24 Å². The molecule has 0 unspecified atom stereocenters. The second-order valence-electron chi connectivity index (χ2n) is 4.68. The fourth-order valence-electron chi connectivity index (χ4n) is 2.04. The van der Waals surface area contributed by atoms with E-state index >= 15 is 0 Å². The summed E-state index contributed by atoms with van der Waals surface area (Å²) >= 11 is 0.161. The summed E-state index contributed by atoms with van der Waals surface area (Å²) in [7, 11) is 0. The Balaban J connectivity index is -0.000000750. The minimum Gasteiger partial charge on any atom is -1.00 e. The van der Waals surface area contributed by atoms with Crippen molar-refractivity contribution in [3.63, 3.8) is 0 Å². The molecule has 0 saturated heterocycles. The Morgan fingerprint density at radius 3 is 2.06 bits per heavy atom. The van der Waals surface area contributed by atoms with E-state index in [1.807, 2.05) is 0 Å². The van der Waals surface area contributed by atoms with Crippen molar-refractivity contribution in [3.8, 4) is 0 Å². The maximum absolute atomic E-state index is 2.60. The van der Waals surface area contributed by atoms with E-state index in [2.05, 4.69) is 50.8 Å². The molecule has 5 heteroatoms. The first kappa shape index (κ1) is 24.1. The van der Waals surface area contributed by atoms with Crippen molar-refractivity contribution in [2.45, 2.75) is 50.9 Å². The van der Waals surface area contributed by atoms with E-state index in [0.29, 0.717) is 12.1 Å². The molecule has 0 aliphatic heterocycles. The van der Waals surface area contributed by atoms with Crippen LogP contribution in [0, 0.1) is 0 Å². The maximum Gasteiger partial charge on any atom is -1.00 e. The molecule has 0 amide bonds. The van der Waals surface area contributed by atoms with Gasteiger partial charge in [0, 0.05) is 0 Å². The molecule has 1 nitrogen and oxygen atoms in total. The first-order valence-electron chi connectivity index (χ1n) is 5.96. The van der Waals surface area contributed by atoms with E-state index in [0.717, 1.165) is 0 Å². The van der Waals surface area contributed by atoms with Crippen molar-refractivity contribution in [3.05, 3.63) is 22.1 Å². The van der Waals surface area contributed by atoms with Crippen molar-refractivity contribution < 1.29 is 56.4 Å². The largest absolute Gasteiger partial charge is 1.00 e. The molecule has 18 heavy (non-hydrogen) atoms. The minimum atomic E-state index is 0. The SMILES string of the molecule is CC(C)N(C[CH2][Ti+3][C]1=CC=CC1)C(C)C.[Cl-].[Cl-].[Cl-]. The summed E-state index contributed by atoms with van der Waals surface area (Å²) in [6.07, 6.45) is 8.06. The molecule has 1 aliphatic rings. The molecule has 0 atom stereocenters. The summed E-state index contributed by atoms with van der Waals surface area (Å²) < 4.78 is 3.15. The smallest absolute Gasteiger partial charge is 1.00 e. The van der Waals surface area contributed by atoms with Crippen molar-refractivity contribution in [2.24, 2.45) is 0 Å². The molecule has 0 radical (unpaired) electrons. The van der Waals surface area contributed by atoms with Crippen molar-refractivity contribution in [1.82, 2.24) is 4.90 Å². The quantitative estimate of drug-likeness (QED) is 0.433. The summed E-state index contributed by atoms with van der Waals surface area (Å²) in [5.41, 5.74) is 0. The number of hydrogen-bond acceptors (Lipinski definition) is 1. The summed E-state index contributed by atoms with van der Waals surface area (Å²) in [5, 5.41) is 0. The van der Waals surface area contributed by atoms with Crippen LogP contribution in [0.5, 0.6) is 0 Å². The molecule has 0 aromatic rings. The van der Waals surface area contributed by atoms with Crippen LogP contribution in [0.2, 0.25) is 4.73 Å². The average Bonchev–Trinajstić information content (AvgIpc) is 2.63. The van der Waals surface area contributed by atoms with Crippen LogP contribution >= 0.6 is 0 Å². The molecular formula is C13H23Cl3NTi. The number of hydrogen-bond donors (Lipinski definition) is 0. The Bertz CT molecular complexity index is 245. The van der Waals surface area contributed by atoms with E-state index in [4.69, 9.17) is 0 Å². The molecule has 0 aromatic carbocycles. The van der Waals surface area contributed by atoms with Crippen molar-refractivity contribution in [1.29, 1.82) is 0 Å². The van der Waals surface area contributed by atoms with Gasteiger partial charge in [0.2, 0.25) is 0 Å². The Hall–Kier alpha value is 1.02. The van der Waals surface area contributed by atoms with Gasteiger partial charge in [-0.15, -0.1) is 0 Å². The third-order valence-corrected chi connectivity index (χ3v) is 4.85. The first-order valence-corrected chi connectivity index (χ1v) is 7.85. The fraction of sp³-hybridized carbons (Fsp3) is 0.692. The Morgan fingerprint density at radius 1 is 1.11 bits per heavy atom. The van der Waals surface area contributed by atoms with Gasteiger partial charge in [-0.25, -0.2) is 0 Å². The monoisotopic (exact) mass is 346 g/mol. The average molecular weight is 348 g/mol. The van der Waals surface area contributed by atoms with Crippen LogP contribution in [0.15, 0.2) is 22.1 Å². The molecule has 0 N–H and O–H groups in total. The van der Waals surface area contributed by atoms with Crippen molar-refractivity contribution in [2.75, 3.05) is 6.54 Å². The summed E-state index contributed by atoms with van der Waals surface area (Å²) in [6.45, 7) is 10.5. The van der Waals surface area contributed by atoms with E-state index in [1.165, 1.54) is 17.7 Å². The zero-order valence-electron chi connectivity index (χ0n) is 11.6. The zero-order valence-corrected chi connectivity index (χ0v) is 15.4. The summed E-state index contributed by atoms with van der Waals surface area (Å²) in [5.74, 6) is 0. The number of halogens is 3. The molecule has 105 valence electrons. The van der Waals surface area contributed by atoms with Gasteiger partial charge in [0.15, 0.2) is 0 Å². The van der Waals surface area contributed by atoms with Gasteiger partial charge in [0.05, 0.1) is 0 Å². The minimum absolute atomic E-state index is 0. The summed E-state index contributed by atoms with van der Waals surface area (Å²) in [6, 6.07) is 1.37. The molecule has 0 aromatic heterocycles. The van der Waals surface area contributed by atoms with Gasteiger partial charge in [-0.3, -0.25) is 0 Å². The molecule has 0 spiro atoms. The molecule has 1 aliphatic carbocycles. The van der Waals surface area contributed by atoms with Gasteiger partial charge >= 0.3 is 104 Å². The zero-order chi connectivity index (χ0) is 11.3. The van der Waals surface area contributed by atoms with Crippen molar-refractivity contribution >= 4 is 0 Å². The van der Waals surface area contributed by atoms with E-state index in [-0.39, 0.29) is 56.4 Å². The van der Waals surface area contributed by atoms with Crippen LogP contribution in [0.1, 0.15) is 34.1 Å². The standard InChI is InChI=1S/C8H18N.C5H5.3ClH.Ti/c1-6-9(7(2)3)8(4)5;1-2-4-5-3-1;;;;/h7-8H,1,6H2,2-5H3;1-3H,4H2;3*1H;/q;;;;;+3/p-3. The summed E-state index contributed by atoms with van der Waals surface area (Å²) in [4.78, 5) is 2.60. The van der Waals surface area contributed by atoms with Gasteiger partial charge in [0.1, 0.15) is 0 Å². The fourth-order valence-corrected chi connectivity index (χ4v) is 3.86. The van der Waals surface area contributed by atoms with E-state index in [9.17, 15) is 0 Å². The molecule has 0 bridgehead atoms. The molecule has 0 saturated carbocycles. The predicted octanol–water partition coefficient (Wildman–Crippen LogP) is -5.54. The van der Waals surface area contributed by atoms with Crippen LogP contribution in [-0.4, -0.2) is 23.5 Å². The van der Waals surface area contributed by atoms with E-state index < -0.39 is 0 Å². The molecular weight excluding hydrogens is 324 g/mol. The second kappa shape index (κ2) is 13.0. The predicted molar refractivity (Wildman–Crippen MR) is 63.6 cm³/mol. The Kier molecular flexibility index (Phi) is 17.4. The van der Waals surface area contributed by atoms with Crippen LogP contribution in [-0.2, 0) is 19.2 Å². The third kappa shape index (κ3) is 9.01. The molecule has 0 heterocycles. The Morgan fingerprint density at radius 2 is 1.67 bits per heavy atom. The number of rotatable bonds is 6. The number of nitrogens with zero attached hydrogens (tertiary/aromatic N) is 1. The van der Waals surface area contributed by atoms with E-state index in [1.54, 1.807) is 3.88 Å². The second-order valence-corrected chi connectivity index (χ2v) is 7.01. The van der Waals surface area contributed by atoms with Gasteiger partial charge in [-0.05, 0) is 0 Å². The third-order valence-electron chi connectivity index (χ3n) is 2.82. The Labute approximate surface area is 140 Å². The first-order chi connectivity index (χ1) is 7.11. The normalized spacial score (nSPS) is 12.7. The van der Waals surface area contributed by atoms with Crippen LogP contribution in [0.4, 0.5) is 0 Å². The van der Waals surface area contributed by atoms with Gasteiger partial charge < -0.3 is 37.2 Å². The maximum atomic E-state index is 2.60. The molecule has 0 fully saturated rings.